The van der Waals surface area contributed by atoms with E-state index in [1.807, 2.05) is 24.3 Å². The van der Waals surface area contributed by atoms with E-state index in [4.69, 9.17) is 9.47 Å². The van der Waals surface area contributed by atoms with Gasteiger partial charge in [-0.1, -0.05) is 17.9 Å². The number of benzene rings is 2. The van der Waals surface area contributed by atoms with Crippen LogP contribution in [0.25, 0.3) is 21.2 Å². The lowest BCUT2D eigenvalue weighted by Crippen LogP contribution is -2.52. The van der Waals surface area contributed by atoms with Gasteiger partial charge in [0.05, 0.1) is 29.9 Å². The van der Waals surface area contributed by atoms with Gasteiger partial charge in [0, 0.05) is 68.5 Å². The highest BCUT2D eigenvalue weighted by Gasteiger charge is 2.39. The van der Waals surface area contributed by atoms with Crippen LogP contribution in [0.2, 0.25) is 0 Å². The van der Waals surface area contributed by atoms with E-state index in [0.717, 1.165) is 45.6 Å². The summed E-state index contributed by atoms with van der Waals surface area (Å²) >= 11 is 1.29. The van der Waals surface area contributed by atoms with Crippen molar-refractivity contribution in [3.05, 3.63) is 80.1 Å². The van der Waals surface area contributed by atoms with Crippen LogP contribution in [0.3, 0.4) is 0 Å². The highest BCUT2D eigenvalue weighted by molar-refractivity contribution is 7.20. The van der Waals surface area contributed by atoms with E-state index in [-0.39, 0.29) is 29.7 Å². The van der Waals surface area contributed by atoms with Gasteiger partial charge in [0.2, 0.25) is 11.8 Å². The summed E-state index contributed by atoms with van der Waals surface area (Å²) in [4.78, 5) is 54.1. The van der Waals surface area contributed by atoms with Gasteiger partial charge in [-0.15, -0.1) is 11.3 Å². The number of pyridine rings is 1. The molecule has 0 saturated carbocycles. The van der Waals surface area contributed by atoms with Crippen LogP contribution >= 0.6 is 11.3 Å². The molecule has 2 aromatic carbocycles. The van der Waals surface area contributed by atoms with Gasteiger partial charge in [0.15, 0.2) is 0 Å². The van der Waals surface area contributed by atoms with Crippen molar-refractivity contribution < 1.29 is 23.9 Å². The van der Waals surface area contributed by atoms with Crippen LogP contribution in [-0.2, 0) is 29.7 Å². The zero-order valence-corrected chi connectivity index (χ0v) is 27.4. The second-order valence-electron chi connectivity index (χ2n) is 12.2. The number of aryl methyl sites for hydroxylation is 1. The van der Waals surface area contributed by atoms with Gasteiger partial charge in [-0.05, 0) is 47.9 Å². The number of ether oxygens (including phenoxy) is 2. The number of aromatic nitrogens is 1. The van der Waals surface area contributed by atoms with Crippen molar-refractivity contribution in [2.75, 3.05) is 27.3 Å². The number of thiophene rings is 1. The average Bonchev–Trinajstić information content (AvgIpc) is 3.65. The highest BCUT2D eigenvalue weighted by Crippen LogP contribution is 2.40. The normalized spacial score (nSPS) is 17.8. The molecule has 2 aromatic heterocycles. The number of amides is 3. The van der Waals surface area contributed by atoms with Gasteiger partial charge in [0.1, 0.15) is 28.5 Å². The van der Waals surface area contributed by atoms with E-state index in [1.54, 1.807) is 39.6 Å². The zero-order valence-electron chi connectivity index (χ0n) is 26.6. The van der Waals surface area contributed by atoms with Gasteiger partial charge in [-0.2, -0.15) is 5.26 Å². The van der Waals surface area contributed by atoms with Crippen molar-refractivity contribution >= 4 is 39.1 Å². The Morgan fingerprint density at radius 1 is 1.02 bits per heavy atom. The van der Waals surface area contributed by atoms with Gasteiger partial charge in [-0.25, -0.2) is 0 Å². The van der Waals surface area contributed by atoms with Crippen LogP contribution in [0.4, 0.5) is 0 Å². The first-order valence-corrected chi connectivity index (χ1v) is 16.3. The van der Waals surface area contributed by atoms with Crippen LogP contribution in [0.1, 0.15) is 44.8 Å². The Kier molecular flexibility index (Phi) is 7.99. The van der Waals surface area contributed by atoms with Crippen LogP contribution in [0, 0.1) is 29.1 Å². The molecule has 12 heteroatoms. The SMILES string of the molecule is COc1cc(-c2cn(C)c(=O)c3cc(C#N)sc23)cc(OC)c1CN1CC(C#Cc2ccc3c(c2)C(=O)N(C2CCC(=O)NC2=O)C3)C1. The minimum absolute atomic E-state index is 0.150. The molecule has 3 amide bonds. The second-order valence-corrected chi connectivity index (χ2v) is 13.3. The lowest BCUT2D eigenvalue weighted by atomic mass is 9.97. The van der Waals surface area contributed by atoms with Gasteiger partial charge in [0.25, 0.3) is 11.5 Å². The number of fused-ring (bicyclic) bond motifs is 2. The van der Waals surface area contributed by atoms with Crippen LogP contribution < -0.4 is 20.3 Å². The number of hydrogen-bond donors (Lipinski definition) is 1. The fraction of sp³-hybridized carbons (Fsp3) is 0.306. The average molecular weight is 662 g/mol. The molecule has 1 atom stereocenters. The molecule has 0 radical (unpaired) electrons. The van der Waals surface area contributed by atoms with Crippen molar-refractivity contribution in [1.82, 2.24) is 19.7 Å². The van der Waals surface area contributed by atoms with E-state index in [9.17, 15) is 24.4 Å². The summed E-state index contributed by atoms with van der Waals surface area (Å²) in [6.45, 7) is 2.43. The number of imide groups is 1. The van der Waals surface area contributed by atoms with Gasteiger partial charge >= 0.3 is 0 Å². The Morgan fingerprint density at radius 2 is 1.77 bits per heavy atom. The molecule has 0 bridgehead atoms. The summed E-state index contributed by atoms with van der Waals surface area (Å²) in [7, 11) is 4.93. The standard InChI is InChI=1S/C36H31N5O6S/c1-39-18-27(33-26(35(39)44)13-24(14-37)48-33)23-11-30(46-2)28(31(12-23)47-3)19-40-15-21(16-40)5-4-20-6-7-22-17-41(36(45)25(22)10-20)29-8-9-32(42)38-34(29)43/h6-7,10-13,18,21,29H,8-9,15-17,19H2,1-3H3,(H,38,42,43). The summed E-state index contributed by atoms with van der Waals surface area (Å²) in [5.74, 6) is 7.09. The highest BCUT2D eigenvalue weighted by atomic mass is 32.1. The second kappa shape index (κ2) is 12.3. The number of likely N-dealkylation sites (tertiary alicyclic amines) is 1. The number of piperidine rings is 1. The molecule has 5 heterocycles. The number of hydrogen-bond acceptors (Lipinski definition) is 9. The minimum Gasteiger partial charge on any atom is -0.496 e. The fourth-order valence-corrected chi connectivity index (χ4v) is 7.62. The number of methoxy groups -OCH3 is 2. The molecule has 11 nitrogen and oxygen atoms in total. The predicted molar refractivity (Wildman–Crippen MR) is 178 cm³/mol. The molecule has 4 aromatic rings. The molecular formula is C36H31N5O6S. The first-order chi connectivity index (χ1) is 23.2. The molecule has 2 saturated heterocycles. The molecule has 3 aliphatic rings. The smallest absolute Gasteiger partial charge is 0.259 e. The van der Waals surface area contributed by atoms with Crippen LogP contribution in [-0.4, -0.2) is 65.4 Å². The van der Waals surface area contributed by atoms with Gasteiger partial charge < -0.3 is 18.9 Å². The lowest BCUT2D eigenvalue weighted by molar-refractivity contribution is -0.136. The minimum atomic E-state index is -0.644. The maximum absolute atomic E-state index is 13.2. The zero-order chi connectivity index (χ0) is 33.7. The number of carbonyl (C=O) groups excluding carboxylic acids is 3. The van der Waals surface area contributed by atoms with Crippen molar-refractivity contribution in [1.29, 1.82) is 5.26 Å². The molecule has 1 N–H and O–H groups in total. The molecule has 2 fully saturated rings. The Bertz CT molecular complexity index is 2170. The molecule has 0 spiro atoms. The summed E-state index contributed by atoms with van der Waals surface area (Å²) in [5.41, 5.74) is 4.52. The third-order valence-electron chi connectivity index (χ3n) is 9.17. The van der Waals surface area contributed by atoms with Crippen molar-refractivity contribution in [3.63, 3.8) is 0 Å². The van der Waals surface area contributed by atoms with E-state index in [2.05, 4.69) is 28.1 Å². The quantitative estimate of drug-likeness (QED) is 0.246. The number of carbonyl (C=O) groups is 3. The molecule has 48 heavy (non-hydrogen) atoms. The topological polar surface area (TPSA) is 134 Å². The van der Waals surface area contributed by atoms with Crippen molar-refractivity contribution in [2.24, 2.45) is 13.0 Å². The van der Waals surface area contributed by atoms with Gasteiger partial charge in [-0.3, -0.25) is 29.4 Å². The molecular weight excluding hydrogens is 630 g/mol. The number of nitrogens with zero attached hydrogens (tertiary/aromatic N) is 4. The van der Waals surface area contributed by atoms with Crippen LogP contribution in [0.15, 0.2) is 47.4 Å². The summed E-state index contributed by atoms with van der Waals surface area (Å²) in [5, 5.41) is 12.3. The van der Waals surface area contributed by atoms with E-state index < -0.39 is 11.9 Å². The largest absolute Gasteiger partial charge is 0.496 e. The Labute approximate surface area is 280 Å². The monoisotopic (exact) mass is 661 g/mol. The maximum atomic E-state index is 13.2. The third-order valence-corrected chi connectivity index (χ3v) is 10.2. The predicted octanol–water partition coefficient (Wildman–Crippen LogP) is 3.40. The number of nitrogens with one attached hydrogen (secondary N) is 1. The maximum Gasteiger partial charge on any atom is 0.259 e. The molecule has 7 rings (SSSR count). The molecule has 0 aliphatic carbocycles. The van der Waals surface area contributed by atoms with E-state index in [0.29, 0.717) is 46.8 Å². The van der Waals surface area contributed by atoms with Crippen molar-refractivity contribution in [2.45, 2.75) is 32.0 Å². The lowest BCUT2D eigenvalue weighted by Gasteiger charge is -2.37. The Balaban J connectivity index is 1.05. The molecule has 242 valence electrons. The third kappa shape index (κ3) is 5.49. The van der Waals surface area contributed by atoms with Crippen LogP contribution in [0.5, 0.6) is 11.5 Å². The number of rotatable bonds is 6. The summed E-state index contributed by atoms with van der Waals surface area (Å²) in [6.07, 6.45) is 2.33. The fourth-order valence-electron chi connectivity index (χ4n) is 6.64. The van der Waals surface area contributed by atoms with E-state index in [1.165, 1.54) is 20.8 Å². The van der Waals surface area contributed by atoms with E-state index >= 15 is 0 Å². The first-order valence-electron chi connectivity index (χ1n) is 15.5. The Morgan fingerprint density at radius 3 is 2.46 bits per heavy atom. The first kappa shape index (κ1) is 31.2. The number of nitriles is 1. The summed E-state index contributed by atoms with van der Waals surface area (Å²) in [6, 6.07) is 12.6. The van der Waals surface area contributed by atoms with Crippen molar-refractivity contribution in [3.8, 4) is 40.5 Å². The molecule has 1 unspecified atom stereocenters. The molecule has 3 aliphatic heterocycles. The Hall–Kier alpha value is -5.43. The summed E-state index contributed by atoms with van der Waals surface area (Å²) < 4.78 is 13.9.